The summed E-state index contributed by atoms with van der Waals surface area (Å²) < 4.78 is 10.1. The van der Waals surface area contributed by atoms with Crippen LogP contribution in [0.1, 0.15) is 54.9 Å². The molecule has 1 unspecified atom stereocenters. The number of hydrogen-bond acceptors (Lipinski definition) is 5. The number of amides is 2. The van der Waals surface area contributed by atoms with E-state index in [9.17, 15) is 9.59 Å². The van der Waals surface area contributed by atoms with Gasteiger partial charge >= 0.3 is 6.09 Å². The molecule has 21 heavy (non-hydrogen) atoms. The van der Waals surface area contributed by atoms with E-state index in [0.717, 1.165) is 25.7 Å². The molecule has 2 heterocycles. The van der Waals surface area contributed by atoms with Gasteiger partial charge in [0.15, 0.2) is 11.5 Å². The van der Waals surface area contributed by atoms with E-state index in [0.29, 0.717) is 18.8 Å². The Hall–Kier alpha value is -2.05. The van der Waals surface area contributed by atoms with Crippen LogP contribution >= 0.6 is 0 Å². The predicted molar refractivity (Wildman–Crippen MR) is 74.8 cm³/mol. The van der Waals surface area contributed by atoms with Crippen molar-refractivity contribution in [1.29, 1.82) is 0 Å². The van der Waals surface area contributed by atoms with Crippen molar-refractivity contribution in [3.63, 3.8) is 0 Å². The van der Waals surface area contributed by atoms with E-state index in [1.807, 2.05) is 6.92 Å². The zero-order valence-electron chi connectivity index (χ0n) is 12.4. The Labute approximate surface area is 123 Å². The van der Waals surface area contributed by atoms with Gasteiger partial charge in [0.1, 0.15) is 0 Å². The lowest BCUT2D eigenvalue weighted by molar-refractivity contribution is 0.0799. The molecular formula is C14H21N3O4. The van der Waals surface area contributed by atoms with Gasteiger partial charge in [0.2, 0.25) is 0 Å². The van der Waals surface area contributed by atoms with Gasteiger partial charge in [0.25, 0.3) is 5.91 Å². The van der Waals surface area contributed by atoms with Gasteiger partial charge in [0.05, 0.1) is 13.2 Å². The summed E-state index contributed by atoms with van der Waals surface area (Å²) in [7, 11) is 1.36. The lowest BCUT2D eigenvalue weighted by Gasteiger charge is -2.32. The maximum absolute atomic E-state index is 11.8. The lowest BCUT2D eigenvalue weighted by atomic mass is 10.0. The molecular weight excluding hydrogens is 274 g/mol. The van der Waals surface area contributed by atoms with E-state index in [4.69, 9.17) is 9.26 Å². The Morgan fingerprint density at radius 3 is 3.05 bits per heavy atom. The summed E-state index contributed by atoms with van der Waals surface area (Å²) in [6.07, 6.45) is 3.18. The largest absolute Gasteiger partial charge is 0.453 e. The van der Waals surface area contributed by atoms with Gasteiger partial charge in [-0.3, -0.25) is 9.69 Å². The molecule has 0 saturated carbocycles. The zero-order valence-corrected chi connectivity index (χ0v) is 12.4. The molecule has 0 radical (unpaired) electrons. The Morgan fingerprint density at radius 2 is 2.33 bits per heavy atom. The highest BCUT2D eigenvalue weighted by atomic mass is 16.5. The number of methoxy groups -OCH3 is 1. The standard InChI is InChI=1S/C14H21N3O4/c1-3-7-15-13(18)10-9-12(21-16-10)11-6-4-5-8-17(11)14(19)20-2/h9,11H,3-8H2,1-2H3,(H,15,18). The van der Waals surface area contributed by atoms with Crippen molar-refractivity contribution in [3.8, 4) is 0 Å². The van der Waals surface area contributed by atoms with E-state index < -0.39 is 0 Å². The fraction of sp³-hybridized carbons (Fsp3) is 0.643. The van der Waals surface area contributed by atoms with Gasteiger partial charge in [-0.2, -0.15) is 0 Å². The predicted octanol–water partition coefficient (Wildman–Crippen LogP) is 2.11. The molecule has 7 nitrogen and oxygen atoms in total. The van der Waals surface area contributed by atoms with Gasteiger partial charge in [-0.1, -0.05) is 12.1 Å². The van der Waals surface area contributed by atoms with Crippen LogP contribution in [-0.4, -0.2) is 42.3 Å². The van der Waals surface area contributed by atoms with Crippen LogP contribution < -0.4 is 5.32 Å². The number of ether oxygens (including phenoxy) is 1. The molecule has 1 saturated heterocycles. The van der Waals surface area contributed by atoms with Gasteiger partial charge < -0.3 is 14.6 Å². The molecule has 1 fully saturated rings. The molecule has 1 atom stereocenters. The summed E-state index contributed by atoms with van der Waals surface area (Å²) in [5, 5.41) is 6.54. The number of carbonyl (C=O) groups is 2. The molecule has 1 aromatic heterocycles. The number of nitrogens with zero attached hydrogens (tertiary/aromatic N) is 2. The summed E-state index contributed by atoms with van der Waals surface area (Å²) in [4.78, 5) is 25.3. The quantitative estimate of drug-likeness (QED) is 0.919. The molecule has 0 aromatic carbocycles. The number of carbonyl (C=O) groups excluding carboxylic acids is 2. The molecule has 1 aliphatic heterocycles. The van der Waals surface area contributed by atoms with E-state index >= 15 is 0 Å². The Kier molecular flexibility index (Phi) is 5.19. The normalized spacial score (nSPS) is 18.4. The molecule has 7 heteroatoms. The maximum Gasteiger partial charge on any atom is 0.410 e. The summed E-state index contributed by atoms with van der Waals surface area (Å²) in [5.41, 5.74) is 0.244. The number of piperidine rings is 1. The molecule has 2 rings (SSSR count). The maximum atomic E-state index is 11.8. The molecule has 0 spiro atoms. The third-order valence-electron chi connectivity index (χ3n) is 3.54. The highest BCUT2D eigenvalue weighted by molar-refractivity contribution is 5.92. The molecule has 2 amide bonds. The minimum absolute atomic E-state index is 0.216. The van der Waals surface area contributed by atoms with E-state index in [2.05, 4.69) is 10.5 Å². The number of aromatic nitrogens is 1. The molecule has 0 bridgehead atoms. The lowest BCUT2D eigenvalue weighted by Crippen LogP contribution is -2.38. The number of nitrogens with one attached hydrogen (secondary N) is 1. The van der Waals surface area contributed by atoms with Crippen molar-refractivity contribution in [2.24, 2.45) is 0 Å². The van der Waals surface area contributed by atoms with Crippen molar-refractivity contribution in [3.05, 3.63) is 17.5 Å². The smallest absolute Gasteiger partial charge is 0.410 e. The third-order valence-corrected chi connectivity index (χ3v) is 3.54. The van der Waals surface area contributed by atoms with Crippen LogP contribution in [0.2, 0.25) is 0 Å². The van der Waals surface area contributed by atoms with Crippen molar-refractivity contribution in [2.45, 2.75) is 38.6 Å². The third kappa shape index (κ3) is 3.53. The fourth-order valence-electron chi connectivity index (χ4n) is 2.45. The van der Waals surface area contributed by atoms with Crippen LogP contribution in [0.4, 0.5) is 4.79 Å². The molecule has 0 aliphatic carbocycles. The minimum Gasteiger partial charge on any atom is -0.453 e. The summed E-state index contributed by atoms with van der Waals surface area (Å²) in [6.45, 7) is 3.19. The topological polar surface area (TPSA) is 84.7 Å². The molecule has 1 aliphatic rings. The second kappa shape index (κ2) is 7.10. The van der Waals surface area contributed by atoms with Crippen molar-refractivity contribution in [2.75, 3.05) is 20.2 Å². The van der Waals surface area contributed by atoms with Gasteiger partial charge in [-0.15, -0.1) is 0 Å². The second-order valence-electron chi connectivity index (χ2n) is 5.05. The molecule has 1 N–H and O–H groups in total. The number of likely N-dealkylation sites (tertiary alicyclic amines) is 1. The average molecular weight is 295 g/mol. The van der Waals surface area contributed by atoms with E-state index in [1.165, 1.54) is 7.11 Å². The highest BCUT2D eigenvalue weighted by Crippen LogP contribution is 2.31. The van der Waals surface area contributed by atoms with Crippen LogP contribution in [-0.2, 0) is 4.74 Å². The van der Waals surface area contributed by atoms with Crippen LogP contribution in [0.5, 0.6) is 0 Å². The van der Waals surface area contributed by atoms with E-state index in [1.54, 1.807) is 11.0 Å². The highest BCUT2D eigenvalue weighted by Gasteiger charge is 2.32. The molecule has 1 aromatic rings. The summed E-state index contributed by atoms with van der Waals surface area (Å²) in [6, 6.07) is 1.39. The minimum atomic E-state index is -0.381. The first-order valence-electron chi connectivity index (χ1n) is 7.26. The van der Waals surface area contributed by atoms with Gasteiger partial charge in [-0.25, -0.2) is 4.79 Å². The van der Waals surface area contributed by atoms with Crippen LogP contribution in [0.15, 0.2) is 10.6 Å². The summed E-state index contributed by atoms with van der Waals surface area (Å²) >= 11 is 0. The van der Waals surface area contributed by atoms with Crippen LogP contribution in [0.3, 0.4) is 0 Å². The monoisotopic (exact) mass is 295 g/mol. The zero-order chi connectivity index (χ0) is 15.2. The van der Waals surface area contributed by atoms with Crippen molar-refractivity contribution < 1.29 is 18.8 Å². The van der Waals surface area contributed by atoms with Gasteiger partial charge in [0, 0.05) is 19.2 Å². The second-order valence-corrected chi connectivity index (χ2v) is 5.05. The summed E-state index contributed by atoms with van der Waals surface area (Å²) in [5.74, 6) is 0.272. The van der Waals surface area contributed by atoms with Crippen LogP contribution in [0.25, 0.3) is 0 Å². The average Bonchev–Trinajstić information content (AvgIpc) is 3.01. The number of hydrogen-bond donors (Lipinski definition) is 1. The number of rotatable bonds is 4. The van der Waals surface area contributed by atoms with Crippen LogP contribution in [0, 0.1) is 0 Å². The van der Waals surface area contributed by atoms with E-state index in [-0.39, 0.29) is 23.7 Å². The fourth-order valence-corrected chi connectivity index (χ4v) is 2.45. The van der Waals surface area contributed by atoms with Crippen molar-refractivity contribution in [1.82, 2.24) is 15.4 Å². The van der Waals surface area contributed by atoms with Crippen molar-refractivity contribution >= 4 is 12.0 Å². The first-order valence-corrected chi connectivity index (χ1v) is 7.26. The Balaban J connectivity index is 2.11. The first-order chi connectivity index (χ1) is 10.2. The Morgan fingerprint density at radius 1 is 1.52 bits per heavy atom. The Bertz CT molecular complexity index is 500. The first kappa shape index (κ1) is 15.3. The van der Waals surface area contributed by atoms with Gasteiger partial charge in [-0.05, 0) is 25.7 Å². The SMILES string of the molecule is CCCNC(=O)c1cc(C2CCCCN2C(=O)OC)on1. The molecule has 116 valence electrons.